The maximum atomic E-state index is 3.68. The first kappa shape index (κ1) is 13.8. The molecule has 2 rings (SSSR count). The van der Waals surface area contributed by atoms with E-state index >= 15 is 0 Å². The van der Waals surface area contributed by atoms with Crippen LogP contribution in [0.3, 0.4) is 0 Å². The van der Waals surface area contributed by atoms with Crippen LogP contribution in [0, 0.1) is 0 Å². The van der Waals surface area contributed by atoms with Crippen LogP contribution in [-0.2, 0) is 6.54 Å². The van der Waals surface area contributed by atoms with Crippen LogP contribution in [0.2, 0.25) is 19.6 Å². The molecular formula is C15H26N2Si. The summed E-state index contributed by atoms with van der Waals surface area (Å²) >= 11 is 0. The molecule has 18 heavy (non-hydrogen) atoms. The Balaban J connectivity index is 1.94. The standard InChI is InChI=1S/C15H26N2Si/c1-15(9-10-16-12-15)17-11-13-5-7-14(8-6-13)18(2,3)4/h5-8,16-17H,9-12H2,1-4H3. The average Bonchev–Trinajstić information content (AvgIpc) is 2.74. The smallest absolute Gasteiger partial charge is 0.0775 e. The minimum absolute atomic E-state index is 0.275. The van der Waals surface area contributed by atoms with E-state index in [1.54, 1.807) is 5.19 Å². The Morgan fingerprint density at radius 3 is 2.39 bits per heavy atom. The second-order valence-corrected chi connectivity index (χ2v) is 11.9. The largest absolute Gasteiger partial charge is 0.315 e. The van der Waals surface area contributed by atoms with Gasteiger partial charge in [-0.2, -0.15) is 0 Å². The fourth-order valence-electron chi connectivity index (χ4n) is 2.41. The number of hydrogen-bond donors (Lipinski definition) is 2. The number of nitrogens with one attached hydrogen (secondary N) is 2. The Labute approximate surface area is 112 Å². The van der Waals surface area contributed by atoms with Crippen molar-refractivity contribution in [2.24, 2.45) is 0 Å². The molecule has 1 aliphatic rings. The van der Waals surface area contributed by atoms with Gasteiger partial charge in [-0.25, -0.2) is 0 Å². The van der Waals surface area contributed by atoms with Gasteiger partial charge >= 0.3 is 0 Å². The maximum Gasteiger partial charge on any atom is 0.0775 e. The molecule has 1 saturated heterocycles. The highest BCUT2D eigenvalue weighted by Crippen LogP contribution is 2.14. The van der Waals surface area contributed by atoms with E-state index < -0.39 is 8.07 Å². The third kappa shape index (κ3) is 3.43. The molecular weight excluding hydrogens is 236 g/mol. The van der Waals surface area contributed by atoms with Crippen molar-refractivity contribution in [1.29, 1.82) is 0 Å². The number of rotatable bonds is 4. The normalized spacial score (nSPS) is 24.4. The van der Waals surface area contributed by atoms with Gasteiger partial charge in [0.15, 0.2) is 0 Å². The summed E-state index contributed by atoms with van der Waals surface area (Å²) in [5.41, 5.74) is 1.67. The summed E-state index contributed by atoms with van der Waals surface area (Å²) in [5.74, 6) is 0. The molecule has 0 amide bonds. The zero-order chi connectivity index (χ0) is 13.2. The lowest BCUT2D eigenvalue weighted by Crippen LogP contribution is -2.43. The molecule has 0 aliphatic carbocycles. The molecule has 3 heteroatoms. The fraction of sp³-hybridized carbons (Fsp3) is 0.600. The van der Waals surface area contributed by atoms with Gasteiger partial charge in [0.25, 0.3) is 0 Å². The summed E-state index contributed by atoms with van der Waals surface area (Å²) in [6.07, 6.45) is 1.22. The lowest BCUT2D eigenvalue weighted by molar-refractivity contribution is 0.386. The summed E-state index contributed by atoms with van der Waals surface area (Å²) in [5, 5.41) is 8.64. The Kier molecular flexibility index (Phi) is 3.95. The van der Waals surface area contributed by atoms with E-state index in [1.165, 1.54) is 12.0 Å². The summed E-state index contributed by atoms with van der Waals surface area (Å²) in [6, 6.07) is 9.20. The molecule has 1 aromatic rings. The minimum atomic E-state index is -1.15. The summed E-state index contributed by atoms with van der Waals surface area (Å²) in [6.45, 7) is 12.7. The van der Waals surface area contributed by atoms with Crippen molar-refractivity contribution in [1.82, 2.24) is 10.6 Å². The minimum Gasteiger partial charge on any atom is -0.315 e. The Bertz CT molecular complexity index is 386. The van der Waals surface area contributed by atoms with Gasteiger partial charge < -0.3 is 10.6 Å². The second kappa shape index (κ2) is 5.15. The molecule has 1 heterocycles. The van der Waals surface area contributed by atoms with Crippen molar-refractivity contribution in [2.75, 3.05) is 13.1 Å². The van der Waals surface area contributed by atoms with Crippen LogP contribution in [0.15, 0.2) is 24.3 Å². The van der Waals surface area contributed by atoms with Crippen molar-refractivity contribution in [2.45, 2.75) is 45.1 Å². The monoisotopic (exact) mass is 262 g/mol. The summed E-state index contributed by atoms with van der Waals surface area (Å²) in [7, 11) is -1.15. The van der Waals surface area contributed by atoms with E-state index in [1.807, 2.05) is 0 Å². The predicted molar refractivity (Wildman–Crippen MR) is 82.2 cm³/mol. The third-order valence-corrected chi connectivity index (χ3v) is 5.97. The lowest BCUT2D eigenvalue weighted by Gasteiger charge is -2.25. The maximum absolute atomic E-state index is 3.68. The van der Waals surface area contributed by atoms with Crippen LogP contribution < -0.4 is 15.8 Å². The van der Waals surface area contributed by atoms with Crippen molar-refractivity contribution < 1.29 is 0 Å². The van der Waals surface area contributed by atoms with Crippen molar-refractivity contribution in [3.05, 3.63) is 29.8 Å². The van der Waals surface area contributed by atoms with E-state index in [-0.39, 0.29) is 5.54 Å². The van der Waals surface area contributed by atoms with Crippen LogP contribution in [0.25, 0.3) is 0 Å². The van der Waals surface area contributed by atoms with E-state index in [0.29, 0.717) is 0 Å². The molecule has 2 N–H and O–H groups in total. The van der Waals surface area contributed by atoms with E-state index in [9.17, 15) is 0 Å². The van der Waals surface area contributed by atoms with E-state index in [0.717, 1.165) is 19.6 Å². The lowest BCUT2D eigenvalue weighted by atomic mass is 10.0. The molecule has 0 saturated carbocycles. The molecule has 1 aliphatic heterocycles. The molecule has 1 atom stereocenters. The van der Waals surface area contributed by atoms with Gasteiger partial charge in [0.1, 0.15) is 0 Å². The van der Waals surface area contributed by atoms with Crippen molar-refractivity contribution in [3.8, 4) is 0 Å². The van der Waals surface area contributed by atoms with Crippen LogP contribution in [0.4, 0.5) is 0 Å². The molecule has 1 unspecified atom stereocenters. The third-order valence-electron chi connectivity index (χ3n) is 3.91. The Morgan fingerprint density at radius 2 is 1.89 bits per heavy atom. The molecule has 1 fully saturated rings. The second-order valence-electron chi connectivity index (χ2n) is 6.79. The van der Waals surface area contributed by atoms with E-state index in [2.05, 4.69) is 61.5 Å². The molecule has 0 aromatic heterocycles. The summed E-state index contributed by atoms with van der Waals surface area (Å²) < 4.78 is 0. The van der Waals surface area contributed by atoms with Gasteiger partial charge in [-0.3, -0.25) is 0 Å². The van der Waals surface area contributed by atoms with Crippen LogP contribution in [0.5, 0.6) is 0 Å². The van der Waals surface area contributed by atoms with Crippen LogP contribution in [-0.4, -0.2) is 26.7 Å². The zero-order valence-corrected chi connectivity index (χ0v) is 13.1. The highest BCUT2D eigenvalue weighted by Gasteiger charge is 2.27. The van der Waals surface area contributed by atoms with Crippen molar-refractivity contribution >= 4 is 13.3 Å². The van der Waals surface area contributed by atoms with E-state index in [4.69, 9.17) is 0 Å². The van der Waals surface area contributed by atoms with Gasteiger partial charge in [0.2, 0.25) is 0 Å². The first-order valence-corrected chi connectivity index (χ1v) is 10.4. The van der Waals surface area contributed by atoms with Gasteiger partial charge in [0.05, 0.1) is 8.07 Å². The first-order chi connectivity index (χ1) is 8.39. The van der Waals surface area contributed by atoms with Gasteiger partial charge in [0, 0.05) is 18.6 Å². The summed E-state index contributed by atoms with van der Waals surface area (Å²) in [4.78, 5) is 0. The Hall–Kier alpha value is -0.643. The van der Waals surface area contributed by atoms with Gasteiger partial charge in [-0.05, 0) is 25.5 Å². The SMILES string of the molecule is CC1(NCc2ccc([Si](C)(C)C)cc2)CCNC1. The molecule has 2 nitrogen and oxygen atoms in total. The van der Waals surface area contributed by atoms with Crippen molar-refractivity contribution in [3.63, 3.8) is 0 Å². The molecule has 0 spiro atoms. The topological polar surface area (TPSA) is 24.1 Å². The van der Waals surface area contributed by atoms with Gasteiger partial charge in [-0.1, -0.05) is 49.1 Å². The number of benzene rings is 1. The van der Waals surface area contributed by atoms with Crippen LogP contribution >= 0.6 is 0 Å². The van der Waals surface area contributed by atoms with Gasteiger partial charge in [-0.15, -0.1) is 0 Å². The predicted octanol–water partition coefficient (Wildman–Crippen LogP) is 2.07. The average molecular weight is 262 g/mol. The quantitative estimate of drug-likeness (QED) is 0.812. The molecule has 0 bridgehead atoms. The fourth-order valence-corrected chi connectivity index (χ4v) is 3.57. The number of hydrogen-bond acceptors (Lipinski definition) is 2. The molecule has 0 radical (unpaired) electrons. The Morgan fingerprint density at radius 1 is 1.22 bits per heavy atom. The zero-order valence-electron chi connectivity index (χ0n) is 12.1. The molecule has 1 aromatic carbocycles. The van der Waals surface area contributed by atoms with Crippen LogP contribution in [0.1, 0.15) is 18.9 Å². The highest BCUT2D eigenvalue weighted by atomic mass is 28.3. The first-order valence-electron chi connectivity index (χ1n) is 6.94. The molecule has 100 valence electrons. The highest BCUT2D eigenvalue weighted by molar-refractivity contribution is 6.88.